The van der Waals surface area contributed by atoms with Crippen LogP contribution in [0, 0.1) is 0 Å². The van der Waals surface area contributed by atoms with E-state index >= 15 is 0 Å². The van der Waals surface area contributed by atoms with Crippen LogP contribution in [0.3, 0.4) is 0 Å². The van der Waals surface area contributed by atoms with Gasteiger partial charge in [0.1, 0.15) is 0 Å². The van der Waals surface area contributed by atoms with E-state index in [2.05, 4.69) is 0 Å². The molecule has 0 bridgehead atoms. The molecule has 0 rings (SSSR count). The van der Waals surface area contributed by atoms with Gasteiger partial charge in [-0.15, -0.1) is 0 Å². The molecule has 0 atom stereocenters. The van der Waals surface area contributed by atoms with E-state index in [4.69, 9.17) is 25.0 Å². The van der Waals surface area contributed by atoms with Crippen molar-refractivity contribution < 1.29 is 28.4 Å². The minimum atomic E-state index is -1.22. The van der Waals surface area contributed by atoms with Crippen LogP contribution in [0.15, 0.2) is 8.62 Å². The molecule has 0 unspecified atom stereocenters. The molecular weight excluding hydrogens is 324 g/mol. The molecule has 1 N–H and O–H groups in total. The van der Waals surface area contributed by atoms with Crippen LogP contribution in [0.2, 0.25) is 0 Å². The molecule has 0 saturated carbocycles. The zero-order valence-corrected chi connectivity index (χ0v) is 10.7. The van der Waals surface area contributed by atoms with Crippen molar-refractivity contribution in [3.8, 4) is 0 Å². The van der Waals surface area contributed by atoms with Crippen molar-refractivity contribution in [2.45, 2.75) is 0 Å². The maximum absolute atomic E-state index is 8.24. The minimum absolute atomic E-state index is 0.0612. The first-order chi connectivity index (χ1) is 3.31. The summed E-state index contributed by atoms with van der Waals surface area (Å²) in [4.78, 5) is 0. The monoisotopic (exact) mass is 328 g/mol. The molecule has 38 valence electrons. The van der Waals surface area contributed by atoms with Crippen LogP contribution in [-0.2, 0) is 23.3 Å². The molecule has 0 aliphatic heterocycles. The summed E-state index contributed by atoms with van der Waals surface area (Å²) in [5, 5.41) is 8.74. The summed E-state index contributed by atoms with van der Waals surface area (Å²) in [6.07, 6.45) is 0. The third-order valence-electron chi connectivity index (χ3n) is 0.450. The van der Waals surface area contributed by atoms with Crippen LogP contribution >= 0.6 is 19.9 Å². The second-order valence-corrected chi connectivity index (χ2v) is 6.94. The van der Waals surface area contributed by atoms with E-state index in [9.17, 15) is 0 Å². The van der Waals surface area contributed by atoms with Crippen molar-refractivity contribution in [2.24, 2.45) is 0 Å². The predicted octanol–water partition coefficient (Wildman–Crippen LogP) is 1.30. The first-order valence-electron chi connectivity index (χ1n) is 1.82. The van der Waals surface area contributed by atoms with Gasteiger partial charge in [-0.2, -0.15) is 0 Å². The van der Waals surface area contributed by atoms with Gasteiger partial charge >= 0.3 is 63.5 Å². The van der Waals surface area contributed by atoms with Crippen LogP contribution < -0.4 is 0 Å². The quantitative estimate of drug-likeness (QED) is 0.758. The molecule has 7 heavy (non-hydrogen) atoms. The molecule has 0 radical (unpaired) electrons. The van der Waals surface area contributed by atoms with E-state index in [0.717, 1.165) is 0 Å². The van der Waals surface area contributed by atoms with E-state index in [1.165, 1.54) is 0 Å². The van der Waals surface area contributed by atoms with E-state index in [0.29, 0.717) is 5.03 Å². The Morgan fingerprint density at radius 2 is 2.43 bits per heavy atom. The van der Waals surface area contributed by atoms with Crippen molar-refractivity contribution in [1.82, 2.24) is 0 Å². The Hall–Kier alpha value is 1.22. The van der Waals surface area contributed by atoms with Gasteiger partial charge in [0.05, 0.1) is 0 Å². The number of hydrogen-bond acceptors (Lipinski definition) is 1. The van der Waals surface area contributed by atoms with Crippen LogP contribution in [0.25, 0.3) is 0 Å². The Bertz CT molecular complexity index is 73.3. The van der Waals surface area contributed by atoms with Crippen molar-refractivity contribution >= 4 is 19.9 Å². The van der Waals surface area contributed by atoms with Gasteiger partial charge in [0.25, 0.3) is 0 Å². The van der Waals surface area contributed by atoms with E-state index < -0.39 is 23.3 Å². The standard InChI is InChI=1S/C3H4ClO.ClH.Hg/c1-3(4)2-5;;/h1,5H,2H2;1H;/q;;+1/p-1. The van der Waals surface area contributed by atoms with E-state index in [1.54, 1.807) is 3.58 Å². The van der Waals surface area contributed by atoms with Gasteiger partial charge in [-0.1, -0.05) is 0 Å². The Balaban J connectivity index is 3.29. The second kappa shape index (κ2) is 5.35. The molecule has 0 spiro atoms. The Kier molecular flexibility index (Phi) is 6.28. The third kappa shape index (κ3) is 5.08. The van der Waals surface area contributed by atoms with Crippen LogP contribution in [-0.4, -0.2) is 11.7 Å². The molecular formula is C3H4Cl2HgO. The molecule has 0 saturated heterocycles. The molecule has 0 aromatic rings. The molecule has 0 amide bonds. The van der Waals surface area contributed by atoms with Gasteiger partial charge in [-0.05, 0) is 0 Å². The second-order valence-electron chi connectivity index (χ2n) is 0.963. The average molecular weight is 328 g/mol. The summed E-state index contributed by atoms with van der Waals surface area (Å²) in [7, 11) is 5.43. The number of aliphatic hydroxyl groups is 1. The zero-order chi connectivity index (χ0) is 5.70. The van der Waals surface area contributed by atoms with Crippen molar-refractivity contribution in [1.29, 1.82) is 0 Å². The fourth-order valence-electron chi connectivity index (χ4n) is 0.148. The summed E-state index contributed by atoms with van der Waals surface area (Å²) in [6.45, 7) is -0.0612. The van der Waals surface area contributed by atoms with Gasteiger partial charge in [0.2, 0.25) is 0 Å². The van der Waals surface area contributed by atoms with Crippen LogP contribution in [0.5, 0.6) is 0 Å². The van der Waals surface area contributed by atoms with Crippen molar-refractivity contribution in [2.75, 3.05) is 6.61 Å². The van der Waals surface area contributed by atoms with Crippen molar-refractivity contribution in [3.05, 3.63) is 8.62 Å². The van der Waals surface area contributed by atoms with Crippen LogP contribution in [0.4, 0.5) is 0 Å². The summed E-state index contributed by atoms with van der Waals surface area (Å²) in [6, 6.07) is 0. The molecule has 1 nitrogen and oxygen atoms in total. The number of halogens is 2. The number of aliphatic hydroxyl groups excluding tert-OH is 1. The molecule has 0 fully saturated rings. The SMILES string of the molecule is OCC(Cl)=[CH][Hg][Cl]. The summed E-state index contributed by atoms with van der Waals surface area (Å²) in [5.41, 5.74) is 0. The van der Waals surface area contributed by atoms with Gasteiger partial charge in [-0.3, -0.25) is 0 Å². The third-order valence-corrected chi connectivity index (χ3v) is 5.60. The maximum atomic E-state index is 8.24. The van der Waals surface area contributed by atoms with Gasteiger partial charge in [0.15, 0.2) is 0 Å². The van der Waals surface area contributed by atoms with Gasteiger partial charge < -0.3 is 0 Å². The Morgan fingerprint density at radius 3 is 2.57 bits per heavy atom. The van der Waals surface area contributed by atoms with Crippen LogP contribution in [0.1, 0.15) is 0 Å². The topological polar surface area (TPSA) is 20.2 Å². The number of rotatable bonds is 2. The normalized spacial score (nSPS) is 11.0. The zero-order valence-electron chi connectivity index (χ0n) is 3.69. The van der Waals surface area contributed by atoms with Gasteiger partial charge in [0, 0.05) is 0 Å². The molecule has 0 aliphatic carbocycles. The Morgan fingerprint density at radius 1 is 1.86 bits per heavy atom. The summed E-state index contributed by atoms with van der Waals surface area (Å²) >= 11 is 4.13. The predicted molar refractivity (Wildman–Crippen MR) is 26.9 cm³/mol. The summed E-state index contributed by atoms with van der Waals surface area (Å²) in [5.74, 6) is 0. The van der Waals surface area contributed by atoms with E-state index in [-0.39, 0.29) is 6.61 Å². The Labute approximate surface area is 63.2 Å². The number of hydrogen-bond donors (Lipinski definition) is 1. The first kappa shape index (κ1) is 8.22. The van der Waals surface area contributed by atoms with E-state index in [1.807, 2.05) is 0 Å². The average Bonchev–Trinajstić information content (AvgIpc) is 1.68. The van der Waals surface area contributed by atoms with Gasteiger partial charge in [-0.25, -0.2) is 0 Å². The molecule has 0 aromatic heterocycles. The molecule has 4 heteroatoms. The fourth-order valence-corrected chi connectivity index (χ4v) is 4.31. The first-order valence-corrected chi connectivity index (χ1v) is 12.1. The molecule has 0 aliphatic rings. The molecule has 0 aromatic carbocycles. The van der Waals surface area contributed by atoms with Crippen molar-refractivity contribution in [3.63, 3.8) is 0 Å². The fraction of sp³-hybridized carbons (Fsp3) is 0.333. The summed E-state index contributed by atoms with van der Waals surface area (Å²) < 4.78 is 1.77. The molecule has 0 heterocycles.